The molecule has 1 aromatic carbocycles. The van der Waals surface area contributed by atoms with Crippen LogP contribution in [0.2, 0.25) is 0 Å². The second-order valence-electron chi connectivity index (χ2n) is 2.87. The smallest absolute Gasteiger partial charge is 0.126 e. The van der Waals surface area contributed by atoms with E-state index >= 15 is 0 Å². The molecule has 1 aromatic heterocycles. The van der Waals surface area contributed by atoms with Crippen LogP contribution in [0.25, 0.3) is 11.1 Å². The van der Waals surface area contributed by atoms with E-state index < -0.39 is 0 Å². The maximum absolute atomic E-state index is 5.26. The fourth-order valence-electron chi connectivity index (χ4n) is 1.36. The topological polar surface area (TPSA) is 22.1 Å². The number of rotatable bonds is 2. The molecule has 0 saturated carbocycles. The van der Waals surface area contributed by atoms with Gasteiger partial charge in [-0.3, -0.25) is 4.98 Å². The van der Waals surface area contributed by atoms with E-state index in [1.54, 1.807) is 19.5 Å². The first-order chi connectivity index (χ1) is 6.92. The number of pyridine rings is 1. The summed E-state index contributed by atoms with van der Waals surface area (Å²) in [6, 6.07) is 12.7. The van der Waals surface area contributed by atoms with Gasteiger partial charge in [-0.15, -0.1) is 0 Å². The second kappa shape index (κ2) is 3.92. The molecule has 0 aliphatic heterocycles. The average molecular weight is 184 g/mol. The quantitative estimate of drug-likeness (QED) is 0.715. The molecule has 2 aromatic rings. The van der Waals surface area contributed by atoms with Crippen molar-refractivity contribution < 1.29 is 4.74 Å². The number of methoxy groups -OCH3 is 1. The number of nitrogens with zero attached hydrogens (tertiary/aromatic N) is 1. The van der Waals surface area contributed by atoms with Crippen molar-refractivity contribution in [2.24, 2.45) is 0 Å². The van der Waals surface area contributed by atoms with Crippen LogP contribution in [0.3, 0.4) is 0 Å². The highest BCUT2D eigenvalue weighted by Crippen LogP contribution is 2.28. The first kappa shape index (κ1) is 8.75. The molecule has 2 rings (SSSR count). The third-order valence-electron chi connectivity index (χ3n) is 2.02. The lowest BCUT2D eigenvalue weighted by atomic mass is 10.1. The molecular formula is C12H10NO. The zero-order valence-electron chi connectivity index (χ0n) is 7.90. The molecule has 69 valence electrons. The molecule has 14 heavy (non-hydrogen) atoms. The van der Waals surface area contributed by atoms with E-state index in [0.29, 0.717) is 0 Å². The van der Waals surface area contributed by atoms with Crippen LogP contribution in [0.15, 0.2) is 42.7 Å². The zero-order valence-corrected chi connectivity index (χ0v) is 7.90. The monoisotopic (exact) mass is 184 g/mol. The number of benzene rings is 1. The number of ether oxygens (including phenoxy) is 1. The van der Waals surface area contributed by atoms with E-state index in [9.17, 15) is 0 Å². The summed E-state index contributed by atoms with van der Waals surface area (Å²) in [6.07, 6.45) is 3.44. The molecule has 1 heterocycles. The molecule has 0 spiro atoms. The predicted molar refractivity (Wildman–Crippen MR) is 55.1 cm³/mol. The Morgan fingerprint density at radius 3 is 2.86 bits per heavy atom. The Morgan fingerprint density at radius 2 is 2.14 bits per heavy atom. The summed E-state index contributed by atoms with van der Waals surface area (Å²) in [4.78, 5) is 4.03. The number of hydrogen-bond donors (Lipinski definition) is 0. The predicted octanol–water partition coefficient (Wildman–Crippen LogP) is 2.56. The number of hydrogen-bond acceptors (Lipinski definition) is 2. The number of para-hydroxylation sites is 1. The van der Waals surface area contributed by atoms with Gasteiger partial charge < -0.3 is 4.74 Å². The van der Waals surface area contributed by atoms with Gasteiger partial charge in [-0.2, -0.15) is 0 Å². The SMILES string of the molecule is COc1ccccc1-c1c[c]cnc1. The van der Waals surface area contributed by atoms with E-state index in [2.05, 4.69) is 11.1 Å². The minimum absolute atomic E-state index is 0.855. The first-order valence-corrected chi connectivity index (χ1v) is 4.36. The second-order valence-corrected chi connectivity index (χ2v) is 2.87. The molecule has 0 aliphatic rings. The summed E-state index contributed by atoms with van der Waals surface area (Å²) in [5, 5.41) is 0. The summed E-state index contributed by atoms with van der Waals surface area (Å²) < 4.78 is 5.26. The molecule has 2 heteroatoms. The van der Waals surface area contributed by atoms with Gasteiger partial charge in [-0.1, -0.05) is 18.2 Å². The van der Waals surface area contributed by atoms with Crippen molar-refractivity contribution in [1.82, 2.24) is 4.98 Å². The summed E-state index contributed by atoms with van der Waals surface area (Å²) in [5.41, 5.74) is 2.06. The Morgan fingerprint density at radius 1 is 1.29 bits per heavy atom. The van der Waals surface area contributed by atoms with Gasteiger partial charge >= 0.3 is 0 Å². The van der Waals surface area contributed by atoms with Crippen molar-refractivity contribution in [1.29, 1.82) is 0 Å². The fourth-order valence-corrected chi connectivity index (χ4v) is 1.36. The van der Waals surface area contributed by atoms with Gasteiger partial charge in [-0.25, -0.2) is 0 Å². The van der Waals surface area contributed by atoms with Crippen molar-refractivity contribution in [3.63, 3.8) is 0 Å². The first-order valence-electron chi connectivity index (χ1n) is 4.36. The van der Waals surface area contributed by atoms with Crippen LogP contribution in [-0.4, -0.2) is 12.1 Å². The number of aromatic nitrogens is 1. The summed E-state index contributed by atoms with van der Waals surface area (Å²) >= 11 is 0. The van der Waals surface area contributed by atoms with Gasteiger partial charge in [-0.05, 0) is 12.1 Å². The molecule has 0 aliphatic carbocycles. The van der Waals surface area contributed by atoms with Crippen molar-refractivity contribution in [3.8, 4) is 16.9 Å². The van der Waals surface area contributed by atoms with Crippen molar-refractivity contribution in [2.75, 3.05) is 7.11 Å². The Bertz CT molecular complexity index is 412. The maximum Gasteiger partial charge on any atom is 0.126 e. The molecule has 2 nitrogen and oxygen atoms in total. The van der Waals surface area contributed by atoms with Crippen LogP contribution in [0.4, 0.5) is 0 Å². The minimum atomic E-state index is 0.855. The molecule has 0 fully saturated rings. The van der Waals surface area contributed by atoms with E-state index in [1.165, 1.54) is 0 Å². The Labute approximate surface area is 83.2 Å². The van der Waals surface area contributed by atoms with E-state index in [1.807, 2.05) is 30.3 Å². The molecule has 0 bridgehead atoms. The maximum atomic E-state index is 5.26. The fraction of sp³-hybridized carbons (Fsp3) is 0.0833. The molecule has 0 atom stereocenters. The average Bonchev–Trinajstić information content (AvgIpc) is 2.30. The van der Waals surface area contributed by atoms with Crippen LogP contribution in [0.1, 0.15) is 0 Å². The summed E-state index contributed by atoms with van der Waals surface area (Å²) in [7, 11) is 1.67. The van der Waals surface area contributed by atoms with Crippen LogP contribution in [0.5, 0.6) is 5.75 Å². The summed E-state index contributed by atoms with van der Waals surface area (Å²) in [5.74, 6) is 0.855. The van der Waals surface area contributed by atoms with Crippen LogP contribution in [0, 0.1) is 6.07 Å². The third kappa shape index (κ3) is 1.59. The van der Waals surface area contributed by atoms with Gasteiger partial charge in [0.15, 0.2) is 0 Å². The largest absolute Gasteiger partial charge is 0.496 e. The molecule has 0 N–H and O–H groups in total. The van der Waals surface area contributed by atoms with Gasteiger partial charge in [0, 0.05) is 29.6 Å². The minimum Gasteiger partial charge on any atom is -0.496 e. The van der Waals surface area contributed by atoms with Crippen molar-refractivity contribution >= 4 is 0 Å². The third-order valence-corrected chi connectivity index (χ3v) is 2.02. The van der Waals surface area contributed by atoms with Gasteiger partial charge in [0.2, 0.25) is 0 Å². The Balaban J connectivity index is 2.51. The van der Waals surface area contributed by atoms with Crippen molar-refractivity contribution in [2.45, 2.75) is 0 Å². The normalized spacial score (nSPS) is 9.79. The van der Waals surface area contributed by atoms with Crippen LogP contribution >= 0.6 is 0 Å². The highest BCUT2D eigenvalue weighted by molar-refractivity contribution is 5.69. The van der Waals surface area contributed by atoms with Crippen molar-refractivity contribution in [3.05, 3.63) is 48.8 Å². The van der Waals surface area contributed by atoms with E-state index in [4.69, 9.17) is 4.74 Å². The lowest BCUT2D eigenvalue weighted by molar-refractivity contribution is 0.416. The standard InChI is InChI=1S/C12H10NO/c1-14-12-7-3-2-6-11(12)10-5-4-8-13-9-10/h2-3,5-9H,1H3. The molecule has 0 amide bonds. The summed E-state index contributed by atoms with van der Waals surface area (Å²) in [6.45, 7) is 0. The molecular weight excluding hydrogens is 174 g/mol. The molecule has 0 saturated heterocycles. The Kier molecular flexibility index (Phi) is 2.45. The van der Waals surface area contributed by atoms with Gasteiger partial charge in [0.25, 0.3) is 0 Å². The van der Waals surface area contributed by atoms with Gasteiger partial charge in [0.05, 0.1) is 7.11 Å². The molecule has 0 unspecified atom stereocenters. The van der Waals surface area contributed by atoms with E-state index in [0.717, 1.165) is 16.9 Å². The van der Waals surface area contributed by atoms with Gasteiger partial charge in [0.1, 0.15) is 5.75 Å². The Hall–Kier alpha value is -1.83. The zero-order chi connectivity index (χ0) is 9.80. The lowest BCUT2D eigenvalue weighted by Gasteiger charge is -2.06. The van der Waals surface area contributed by atoms with Crippen LogP contribution < -0.4 is 4.74 Å². The highest BCUT2D eigenvalue weighted by atomic mass is 16.5. The molecule has 1 radical (unpaired) electrons. The lowest BCUT2D eigenvalue weighted by Crippen LogP contribution is -1.87. The highest BCUT2D eigenvalue weighted by Gasteiger charge is 2.03. The van der Waals surface area contributed by atoms with Crippen LogP contribution in [-0.2, 0) is 0 Å². The van der Waals surface area contributed by atoms with E-state index in [-0.39, 0.29) is 0 Å².